The van der Waals surface area contributed by atoms with Gasteiger partial charge in [0.15, 0.2) is 0 Å². The highest BCUT2D eigenvalue weighted by Gasteiger charge is 1.94. The molecule has 0 unspecified atom stereocenters. The van der Waals surface area contributed by atoms with Crippen LogP contribution in [0.15, 0.2) is 42.7 Å². The molecule has 0 amide bonds. The Hall–Kier alpha value is -1.24. The van der Waals surface area contributed by atoms with Gasteiger partial charge in [-0.15, -0.1) is 0 Å². The van der Waals surface area contributed by atoms with Crippen LogP contribution in [0.3, 0.4) is 0 Å². The van der Waals surface area contributed by atoms with Crippen LogP contribution in [-0.2, 0) is 11.2 Å². The highest BCUT2D eigenvalue weighted by molar-refractivity contribution is 5.14. The van der Waals surface area contributed by atoms with Crippen LogP contribution in [0, 0.1) is 0 Å². The van der Waals surface area contributed by atoms with Gasteiger partial charge < -0.3 is 4.74 Å². The van der Waals surface area contributed by atoms with Crippen molar-refractivity contribution >= 4 is 0 Å². The predicted molar refractivity (Wildman–Crippen MR) is 55.5 cm³/mol. The second-order valence-electron chi connectivity index (χ2n) is 3.08. The Morgan fingerprint density at radius 2 is 2.00 bits per heavy atom. The largest absolute Gasteiger partial charge is 0.502 e. The maximum atomic E-state index is 4.99. The van der Waals surface area contributed by atoms with Crippen LogP contribution in [-0.4, -0.2) is 7.11 Å². The fourth-order valence-electron chi connectivity index (χ4n) is 1.24. The van der Waals surface area contributed by atoms with E-state index < -0.39 is 0 Å². The molecule has 0 radical (unpaired) electrons. The Morgan fingerprint density at radius 1 is 1.31 bits per heavy atom. The van der Waals surface area contributed by atoms with Gasteiger partial charge in [0.2, 0.25) is 0 Å². The van der Waals surface area contributed by atoms with Crippen molar-refractivity contribution < 1.29 is 4.74 Å². The van der Waals surface area contributed by atoms with Crippen molar-refractivity contribution in [3.05, 3.63) is 48.2 Å². The zero-order chi connectivity index (χ0) is 9.52. The van der Waals surface area contributed by atoms with Crippen LogP contribution in [0.25, 0.3) is 0 Å². The van der Waals surface area contributed by atoms with Gasteiger partial charge in [-0.05, 0) is 18.4 Å². The van der Waals surface area contributed by atoms with Crippen LogP contribution >= 0.6 is 0 Å². The van der Waals surface area contributed by atoms with E-state index in [2.05, 4.69) is 30.8 Å². The lowest BCUT2D eigenvalue weighted by atomic mass is 10.1. The Kier molecular flexibility index (Phi) is 4.10. The molecule has 0 heterocycles. The molecule has 0 saturated carbocycles. The molecule has 1 heteroatoms. The van der Waals surface area contributed by atoms with E-state index in [0.29, 0.717) is 0 Å². The summed E-state index contributed by atoms with van der Waals surface area (Å²) in [5.41, 5.74) is 1.38. The summed E-state index contributed by atoms with van der Waals surface area (Å²) in [6.45, 7) is 3.78. The SMILES string of the molecule is C=C(CCCc1ccccc1)OC. The van der Waals surface area contributed by atoms with Crippen molar-refractivity contribution in [1.29, 1.82) is 0 Å². The summed E-state index contributed by atoms with van der Waals surface area (Å²) in [6, 6.07) is 10.5. The molecular formula is C12H16O. The van der Waals surface area contributed by atoms with E-state index in [1.165, 1.54) is 5.56 Å². The standard InChI is InChI=1S/C12H16O/c1-11(13-2)7-6-10-12-8-4-3-5-9-12/h3-5,8-9H,1,6-7,10H2,2H3. The van der Waals surface area contributed by atoms with Crippen molar-refractivity contribution in [1.82, 2.24) is 0 Å². The van der Waals surface area contributed by atoms with E-state index in [1.807, 2.05) is 6.07 Å². The number of rotatable bonds is 5. The first-order valence-electron chi connectivity index (χ1n) is 4.58. The minimum Gasteiger partial charge on any atom is -0.502 e. The second-order valence-corrected chi connectivity index (χ2v) is 3.08. The Balaban J connectivity index is 2.24. The molecule has 0 saturated heterocycles. The Labute approximate surface area is 80.0 Å². The molecule has 0 aliphatic heterocycles. The Bertz CT molecular complexity index is 251. The normalized spacial score (nSPS) is 9.62. The first-order chi connectivity index (χ1) is 6.33. The minimum absolute atomic E-state index is 0.871. The van der Waals surface area contributed by atoms with Gasteiger partial charge in [0, 0.05) is 6.42 Å². The third-order valence-corrected chi connectivity index (χ3v) is 2.05. The molecular weight excluding hydrogens is 160 g/mol. The summed E-state index contributed by atoms with van der Waals surface area (Å²) in [4.78, 5) is 0. The van der Waals surface area contributed by atoms with Crippen LogP contribution in [0.1, 0.15) is 18.4 Å². The van der Waals surface area contributed by atoms with Crippen molar-refractivity contribution in [2.24, 2.45) is 0 Å². The second kappa shape index (κ2) is 5.41. The van der Waals surface area contributed by atoms with Gasteiger partial charge in [-0.3, -0.25) is 0 Å². The van der Waals surface area contributed by atoms with Crippen molar-refractivity contribution in [3.63, 3.8) is 0 Å². The van der Waals surface area contributed by atoms with E-state index in [-0.39, 0.29) is 0 Å². The molecule has 0 aliphatic carbocycles. The van der Waals surface area contributed by atoms with Gasteiger partial charge >= 0.3 is 0 Å². The molecule has 0 fully saturated rings. The zero-order valence-electron chi connectivity index (χ0n) is 8.12. The summed E-state index contributed by atoms with van der Waals surface area (Å²) in [5, 5.41) is 0. The summed E-state index contributed by atoms with van der Waals surface area (Å²) in [6.07, 6.45) is 3.16. The minimum atomic E-state index is 0.871. The van der Waals surface area contributed by atoms with Gasteiger partial charge in [0.25, 0.3) is 0 Å². The number of benzene rings is 1. The van der Waals surface area contributed by atoms with Crippen molar-refractivity contribution in [2.75, 3.05) is 7.11 Å². The third kappa shape index (κ3) is 3.79. The van der Waals surface area contributed by atoms with Gasteiger partial charge in [-0.25, -0.2) is 0 Å². The number of hydrogen-bond acceptors (Lipinski definition) is 1. The number of hydrogen-bond donors (Lipinski definition) is 0. The number of aryl methyl sites for hydroxylation is 1. The van der Waals surface area contributed by atoms with Gasteiger partial charge in [0.05, 0.1) is 12.9 Å². The van der Waals surface area contributed by atoms with E-state index in [9.17, 15) is 0 Å². The molecule has 1 nitrogen and oxygen atoms in total. The Morgan fingerprint density at radius 3 is 2.62 bits per heavy atom. The highest BCUT2D eigenvalue weighted by atomic mass is 16.5. The molecule has 1 aromatic carbocycles. The average molecular weight is 176 g/mol. The molecule has 1 aromatic rings. The van der Waals surface area contributed by atoms with Crippen molar-refractivity contribution in [2.45, 2.75) is 19.3 Å². The van der Waals surface area contributed by atoms with Gasteiger partial charge in [-0.1, -0.05) is 36.9 Å². The smallest absolute Gasteiger partial charge is 0.0884 e. The lowest BCUT2D eigenvalue weighted by Crippen LogP contribution is -1.88. The van der Waals surface area contributed by atoms with E-state index in [4.69, 9.17) is 4.74 Å². The molecule has 0 atom stereocenters. The van der Waals surface area contributed by atoms with Crippen LogP contribution in [0.4, 0.5) is 0 Å². The zero-order valence-corrected chi connectivity index (χ0v) is 8.12. The third-order valence-electron chi connectivity index (χ3n) is 2.05. The molecule has 0 spiro atoms. The topological polar surface area (TPSA) is 9.23 Å². The fraction of sp³-hybridized carbons (Fsp3) is 0.333. The molecule has 1 rings (SSSR count). The molecule has 0 bridgehead atoms. The highest BCUT2D eigenvalue weighted by Crippen LogP contribution is 2.08. The van der Waals surface area contributed by atoms with Crippen LogP contribution in [0.5, 0.6) is 0 Å². The number of methoxy groups -OCH3 is 1. The molecule has 70 valence electrons. The summed E-state index contributed by atoms with van der Waals surface area (Å²) in [5.74, 6) is 0.871. The maximum Gasteiger partial charge on any atom is 0.0884 e. The fourth-order valence-corrected chi connectivity index (χ4v) is 1.24. The van der Waals surface area contributed by atoms with Gasteiger partial charge in [-0.2, -0.15) is 0 Å². The quantitative estimate of drug-likeness (QED) is 0.626. The van der Waals surface area contributed by atoms with Crippen LogP contribution < -0.4 is 0 Å². The van der Waals surface area contributed by atoms with E-state index >= 15 is 0 Å². The predicted octanol–water partition coefficient (Wildman–Crippen LogP) is 3.17. The molecule has 0 N–H and O–H groups in total. The van der Waals surface area contributed by atoms with E-state index in [1.54, 1.807) is 7.11 Å². The number of ether oxygens (including phenoxy) is 1. The number of allylic oxidation sites excluding steroid dienone is 1. The first-order valence-corrected chi connectivity index (χ1v) is 4.58. The molecule has 13 heavy (non-hydrogen) atoms. The first kappa shape index (κ1) is 9.85. The summed E-state index contributed by atoms with van der Waals surface area (Å²) >= 11 is 0. The summed E-state index contributed by atoms with van der Waals surface area (Å²) in [7, 11) is 1.67. The van der Waals surface area contributed by atoms with Crippen molar-refractivity contribution in [3.8, 4) is 0 Å². The molecule has 0 aliphatic rings. The summed E-state index contributed by atoms with van der Waals surface area (Å²) < 4.78 is 4.99. The lowest BCUT2D eigenvalue weighted by molar-refractivity contribution is 0.277. The monoisotopic (exact) mass is 176 g/mol. The molecule has 0 aromatic heterocycles. The van der Waals surface area contributed by atoms with E-state index in [0.717, 1.165) is 25.0 Å². The van der Waals surface area contributed by atoms with Crippen LogP contribution in [0.2, 0.25) is 0 Å². The lowest BCUT2D eigenvalue weighted by Gasteiger charge is -2.03. The maximum absolute atomic E-state index is 4.99. The van der Waals surface area contributed by atoms with Gasteiger partial charge in [0.1, 0.15) is 0 Å². The average Bonchev–Trinajstić information content (AvgIpc) is 2.19.